The Morgan fingerprint density at radius 1 is 0.553 bits per heavy atom. The van der Waals surface area contributed by atoms with Crippen molar-refractivity contribution < 1.29 is 51.0 Å². The molecule has 4 aromatic carbocycles. The van der Waals surface area contributed by atoms with Crippen molar-refractivity contribution in [2.24, 2.45) is 0 Å². The van der Waals surface area contributed by atoms with E-state index in [9.17, 15) is 0 Å². The zero-order valence-corrected chi connectivity index (χ0v) is 30.5. The van der Waals surface area contributed by atoms with Crippen LogP contribution in [-0.4, -0.2) is 8.07 Å². The van der Waals surface area contributed by atoms with Crippen LogP contribution in [-0.2, 0) is 26.2 Å². The number of benzene rings is 2. The summed E-state index contributed by atoms with van der Waals surface area (Å²) in [5, 5.41) is 9.32. The molecular formula is C34H46Cl2SiZr. The molecule has 0 aliphatic carbocycles. The molecule has 4 heteroatoms. The van der Waals surface area contributed by atoms with Gasteiger partial charge in [-0.15, -0.1) is 56.9 Å². The van der Waals surface area contributed by atoms with Crippen LogP contribution in [0, 0.1) is 13.8 Å². The van der Waals surface area contributed by atoms with E-state index < -0.39 is 8.07 Å². The third-order valence-corrected chi connectivity index (χ3v) is 12.1. The van der Waals surface area contributed by atoms with Crippen molar-refractivity contribution in [2.45, 2.75) is 106 Å². The molecule has 0 saturated carbocycles. The molecule has 0 bridgehead atoms. The van der Waals surface area contributed by atoms with Crippen LogP contribution in [0.1, 0.15) is 112 Å². The van der Waals surface area contributed by atoms with E-state index in [1.165, 1.54) is 44.2 Å². The van der Waals surface area contributed by atoms with E-state index in [0.717, 1.165) is 0 Å². The minimum absolute atomic E-state index is 0. The summed E-state index contributed by atoms with van der Waals surface area (Å²) >= 11 is 0. The van der Waals surface area contributed by atoms with Crippen LogP contribution in [0.2, 0.25) is 13.1 Å². The molecule has 0 fully saturated rings. The topological polar surface area (TPSA) is 0 Å². The van der Waals surface area contributed by atoms with Crippen LogP contribution in [0.25, 0.3) is 21.5 Å². The van der Waals surface area contributed by atoms with E-state index in [1.54, 1.807) is 21.1 Å². The predicted octanol–water partition coefficient (Wildman–Crippen LogP) is 3.37. The summed E-state index contributed by atoms with van der Waals surface area (Å²) in [6.45, 7) is 28.7. The molecule has 0 aliphatic rings. The number of rotatable bonds is 6. The van der Waals surface area contributed by atoms with E-state index in [0.29, 0.717) is 23.7 Å². The van der Waals surface area contributed by atoms with Crippen LogP contribution < -0.4 is 35.2 Å². The zero-order chi connectivity index (χ0) is 26.0. The van der Waals surface area contributed by atoms with Crippen molar-refractivity contribution in [3.8, 4) is 0 Å². The average Bonchev–Trinajstić information content (AvgIpc) is 3.27. The van der Waals surface area contributed by atoms with E-state index in [1.807, 2.05) is 0 Å². The molecule has 0 saturated heterocycles. The second-order valence-corrected chi connectivity index (χ2v) is 17.0. The summed E-state index contributed by atoms with van der Waals surface area (Å²) in [4.78, 5) is 0. The smallest absolute Gasteiger partial charge is 1.00 e. The SMILES string of the molecule is Cc1[cH-]c2cc(C(C)C)cc(C(C)C)c2c1[Si](C)(C)c1c(C)[cH-]c2cc(C(C)C)cc(C(C)C)c12.[Cl-].[Cl-].[Zr+4]. The van der Waals surface area contributed by atoms with Gasteiger partial charge in [0.15, 0.2) is 0 Å². The molecule has 4 aromatic rings. The molecule has 204 valence electrons. The summed E-state index contributed by atoms with van der Waals surface area (Å²) in [6, 6.07) is 14.9. The first-order valence-electron chi connectivity index (χ1n) is 13.7. The van der Waals surface area contributed by atoms with Gasteiger partial charge in [-0.1, -0.05) is 117 Å². The molecule has 38 heavy (non-hydrogen) atoms. The number of hydrogen-bond donors (Lipinski definition) is 0. The van der Waals surface area contributed by atoms with Crippen LogP contribution in [0.15, 0.2) is 36.4 Å². The maximum absolute atomic E-state index is 2.61. The Bertz CT molecular complexity index is 1290. The molecule has 0 radical (unpaired) electrons. The third-order valence-electron chi connectivity index (χ3n) is 8.30. The zero-order valence-electron chi connectivity index (χ0n) is 25.5. The van der Waals surface area contributed by atoms with Crippen LogP contribution in [0.3, 0.4) is 0 Å². The Balaban J connectivity index is 0.00000241. The molecule has 0 N–H and O–H groups in total. The van der Waals surface area contributed by atoms with Gasteiger partial charge in [0, 0.05) is 8.07 Å². The van der Waals surface area contributed by atoms with E-state index in [-0.39, 0.29) is 51.0 Å². The molecular weight excluding hydrogens is 599 g/mol. The van der Waals surface area contributed by atoms with Gasteiger partial charge in [-0.25, -0.2) is 0 Å². The van der Waals surface area contributed by atoms with E-state index in [4.69, 9.17) is 0 Å². The summed E-state index contributed by atoms with van der Waals surface area (Å²) in [6.07, 6.45) is 0. The maximum Gasteiger partial charge on any atom is 4.00 e. The monoisotopic (exact) mass is 642 g/mol. The van der Waals surface area contributed by atoms with Gasteiger partial charge >= 0.3 is 26.2 Å². The second kappa shape index (κ2) is 12.9. The molecule has 0 spiro atoms. The summed E-state index contributed by atoms with van der Waals surface area (Å²) in [5.74, 6) is 2.12. The first-order valence-corrected chi connectivity index (χ1v) is 16.7. The average molecular weight is 645 g/mol. The van der Waals surface area contributed by atoms with Gasteiger partial charge in [0.25, 0.3) is 0 Å². The molecule has 0 unspecified atom stereocenters. The van der Waals surface area contributed by atoms with Crippen molar-refractivity contribution in [2.75, 3.05) is 0 Å². The van der Waals surface area contributed by atoms with E-state index >= 15 is 0 Å². The van der Waals surface area contributed by atoms with Crippen molar-refractivity contribution in [3.63, 3.8) is 0 Å². The van der Waals surface area contributed by atoms with Gasteiger partial charge in [-0.05, 0) is 23.7 Å². The molecule has 0 aliphatic heterocycles. The Morgan fingerprint density at radius 3 is 1.13 bits per heavy atom. The van der Waals surface area contributed by atoms with Gasteiger partial charge in [0.2, 0.25) is 0 Å². The van der Waals surface area contributed by atoms with Gasteiger partial charge in [0.1, 0.15) is 0 Å². The van der Waals surface area contributed by atoms with Crippen molar-refractivity contribution in [1.29, 1.82) is 0 Å². The Morgan fingerprint density at radius 2 is 0.868 bits per heavy atom. The van der Waals surface area contributed by atoms with E-state index in [2.05, 4.69) is 119 Å². The molecule has 4 rings (SSSR count). The van der Waals surface area contributed by atoms with Crippen LogP contribution in [0.5, 0.6) is 0 Å². The molecule has 0 aromatic heterocycles. The second-order valence-electron chi connectivity index (χ2n) is 12.8. The summed E-state index contributed by atoms with van der Waals surface area (Å²) in [5.41, 5.74) is 8.98. The third kappa shape index (κ3) is 6.00. The number of fused-ring (bicyclic) bond motifs is 2. The number of aryl methyl sites for hydroxylation is 2. The van der Waals surface area contributed by atoms with Crippen molar-refractivity contribution >= 4 is 40.0 Å². The quantitative estimate of drug-likeness (QED) is 0.223. The van der Waals surface area contributed by atoms with Gasteiger partial charge in [0.05, 0.1) is 0 Å². The predicted molar refractivity (Wildman–Crippen MR) is 162 cm³/mol. The summed E-state index contributed by atoms with van der Waals surface area (Å²) < 4.78 is 0. The Hall–Kier alpha value is -0.660. The molecule has 0 atom stereocenters. The largest absolute Gasteiger partial charge is 4.00 e. The first-order chi connectivity index (χ1) is 16.2. The number of hydrogen-bond acceptors (Lipinski definition) is 0. The van der Waals surface area contributed by atoms with Gasteiger partial charge in [-0.2, -0.15) is 10.4 Å². The minimum Gasteiger partial charge on any atom is -1.00 e. The normalized spacial score (nSPS) is 12.0. The fourth-order valence-electron chi connectivity index (χ4n) is 6.55. The van der Waals surface area contributed by atoms with Crippen molar-refractivity contribution in [1.82, 2.24) is 0 Å². The molecule has 0 heterocycles. The first kappa shape index (κ1) is 35.4. The maximum atomic E-state index is 2.61. The Kier molecular flexibility index (Phi) is 12.0. The fraction of sp³-hybridized carbons (Fsp3) is 0.471. The molecule has 0 nitrogen and oxygen atoms in total. The van der Waals surface area contributed by atoms with Crippen molar-refractivity contribution in [3.05, 3.63) is 69.8 Å². The number of halogens is 2. The van der Waals surface area contributed by atoms with Crippen LogP contribution in [0.4, 0.5) is 0 Å². The standard InChI is InChI=1S/C34H46Si.2ClH.Zr/c1-19(2)25-15-27-13-23(9)33(31(27)29(17-25)21(5)6)35(11,12)34-24(10)14-28-16-26(20(3)4)18-30(22(7)8)32(28)34;;;/h13-22H,1-12H3;2*1H;/q-2;;;+4/p-2. The molecule has 0 amide bonds. The fourth-order valence-corrected chi connectivity index (χ4v) is 10.7. The van der Waals surface area contributed by atoms with Gasteiger partial charge < -0.3 is 24.8 Å². The summed E-state index contributed by atoms with van der Waals surface area (Å²) in [7, 11) is -2.01. The van der Waals surface area contributed by atoms with Gasteiger partial charge in [-0.3, -0.25) is 0 Å². The minimum atomic E-state index is -2.01. The van der Waals surface area contributed by atoms with Crippen LogP contribution >= 0.6 is 0 Å². The Labute approximate surface area is 265 Å².